The molecule has 0 aliphatic carbocycles. The van der Waals surface area contributed by atoms with E-state index in [4.69, 9.17) is 9.15 Å². The molecule has 5 heteroatoms. The maximum absolute atomic E-state index is 5.24. The van der Waals surface area contributed by atoms with Crippen LogP contribution in [0, 0.1) is 0 Å². The SMILES string of the molecule is CCNC(CSc1ncco1)c1ccc(OC)cc1. The average Bonchev–Trinajstić information content (AvgIpc) is 2.97. The molecule has 1 N–H and O–H groups in total. The van der Waals surface area contributed by atoms with Crippen LogP contribution in [0.3, 0.4) is 0 Å². The fourth-order valence-corrected chi connectivity index (χ4v) is 2.67. The van der Waals surface area contributed by atoms with Crippen LogP contribution in [0.1, 0.15) is 18.5 Å². The summed E-state index contributed by atoms with van der Waals surface area (Å²) in [5.74, 6) is 1.75. The molecule has 0 amide bonds. The van der Waals surface area contributed by atoms with Crippen molar-refractivity contribution in [3.8, 4) is 5.75 Å². The quantitative estimate of drug-likeness (QED) is 0.788. The maximum Gasteiger partial charge on any atom is 0.255 e. The molecule has 0 fully saturated rings. The molecule has 2 aromatic rings. The van der Waals surface area contributed by atoms with Gasteiger partial charge in [0, 0.05) is 11.8 Å². The predicted molar refractivity (Wildman–Crippen MR) is 76.6 cm³/mol. The Morgan fingerprint density at radius 2 is 2.16 bits per heavy atom. The van der Waals surface area contributed by atoms with Crippen molar-refractivity contribution in [2.45, 2.75) is 18.2 Å². The van der Waals surface area contributed by atoms with Gasteiger partial charge in [0.2, 0.25) is 0 Å². The highest BCUT2D eigenvalue weighted by Crippen LogP contribution is 2.24. The third-order valence-corrected chi connectivity index (χ3v) is 3.70. The Morgan fingerprint density at radius 3 is 2.74 bits per heavy atom. The Morgan fingerprint density at radius 1 is 1.37 bits per heavy atom. The molecular weight excluding hydrogens is 260 g/mol. The maximum atomic E-state index is 5.24. The van der Waals surface area contributed by atoms with E-state index in [1.165, 1.54) is 5.56 Å². The summed E-state index contributed by atoms with van der Waals surface area (Å²) in [6.07, 6.45) is 3.26. The van der Waals surface area contributed by atoms with Gasteiger partial charge in [0.15, 0.2) is 0 Å². The van der Waals surface area contributed by atoms with Crippen molar-refractivity contribution in [1.29, 1.82) is 0 Å². The number of aromatic nitrogens is 1. The van der Waals surface area contributed by atoms with Gasteiger partial charge in [0.1, 0.15) is 12.0 Å². The highest BCUT2D eigenvalue weighted by Gasteiger charge is 2.12. The highest BCUT2D eigenvalue weighted by molar-refractivity contribution is 7.99. The van der Waals surface area contributed by atoms with E-state index >= 15 is 0 Å². The van der Waals surface area contributed by atoms with Gasteiger partial charge in [-0.2, -0.15) is 0 Å². The Hall–Kier alpha value is -1.46. The van der Waals surface area contributed by atoms with Gasteiger partial charge < -0.3 is 14.5 Å². The predicted octanol–water partition coefficient (Wildman–Crippen LogP) is 3.13. The van der Waals surface area contributed by atoms with Crippen LogP contribution in [0.25, 0.3) is 0 Å². The zero-order valence-electron chi connectivity index (χ0n) is 11.1. The lowest BCUT2D eigenvalue weighted by Crippen LogP contribution is -2.22. The summed E-state index contributed by atoms with van der Waals surface area (Å²) < 4.78 is 10.4. The molecule has 1 unspecified atom stereocenters. The third kappa shape index (κ3) is 4.01. The first-order chi connectivity index (χ1) is 9.33. The first-order valence-corrected chi connectivity index (χ1v) is 7.21. The summed E-state index contributed by atoms with van der Waals surface area (Å²) in [4.78, 5) is 4.12. The molecule has 0 saturated heterocycles. The molecule has 1 heterocycles. The van der Waals surface area contributed by atoms with Crippen LogP contribution >= 0.6 is 11.8 Å². The molecule has 2 rings (SSSR count). The van der Waals surface area contributed by atoms with Crippen LogP contribution in [-0.2, 0) is 0 Å². The number of oxazole rings is 1. The molecule has 0 aliphatic rings. The zero-order chi connectivity index (χ0) is 13.5. The van der Waals surface area contributed by atoms with Gasteiger partial charge in [0.25, 0.3) is 5.22 Å². The van der Waals surface area contributed by atoms with Gasteiger partial charge in [-0.05, 0) is 24.2 Å². The molecular formula is C14H18N2O2S. The Balaban J connectivity index is 2.01. The minimum absolute atomic E-state index is 0.271. The van der Waals surface area contributed by atoms with Gasteiger partial charge in [-0.25, -0.2) is 4.98 Å². The van der Waals surface area contributed by atoms with E-state index in [0.29, 0.717) is 5.22 Å². The van der Waals surface area contributed by atoms with Crippen LogP contribution in [0.15, 0.2) is 46.4 Å². The number of methoxy groups -OCH3 is 1. The molecule has 19 heavy (non-hydrogen) atoms. The first kappa shape index (κ1) is 14.0. The average molecular weight is 278 g/mol. The highest BCUT2D eigenvalue weighted by atomic mass is 32.2. The van der Waals surface area contributed by atoms with Gasteiger partial charge in [-0.1, -0.05) is 30.8 Å². The zero-order valence-corrected chi connectivity index (χ0v) is 11.9. The molecule has 0 aliphatic heterocycles. The molecule has 0 radical (unpaired) electrons. The van der Waals surface area contributed by atoms with Crippen LogP contribution in [0.5, 0.6) is 5.75 Å². The lowest BCUT2D eigenvalue weighted by atomic mass is 10.1. The van der Waals surface area contributed by atoms with Crippen molar-refractivity contribution in [1.82, 2.24) is 10.3 Å². The van der Waals surface area contributed by atoms with Crippen molar-refractivity contribution in [3.63, 3.8) is 0 Å². The fraction of sp³-hybridized carbons (Fsp3) is 0.357. The second kappa shape index (κ2) is 7.21. The Bertz CT molecular complexity index is 471. The standard InChI is InChI=1S/C14H18N2O2S/c1-3-15-13(10-19-14-16-8-9-18-14)11-4-6-12(17-2)7-5-11/h4-9,13,15H,3,10H2,1-2H3. The summed E-state index contributed by atoms with van der Waals surface area (Å²) in [7, 11) is 1.68. The molecule has 0 spiro atoms. The molecule has 4 nitrogen and oxygen atoms in total. The van der Waals surface area contributed by atoms with Gasteiger partial charge in [-0.15, -0.1) is 0 Å². The first-order valence-electron chi connectivity index (χ1n) is 6.23. The van der Waals surface area contributed by atoms with Crippen molar-refractivity contribution in [3.05, 3.63) is 42.3 Å². The Kier molecular flexibility index (Phi) is 5.30. The van der Waals surface area contributed by atoms with E-state index < -0.39 is 0 Å². The number of ether oxygens (including phenoxy) is 1. The summed E-state index contributed by atoms with van der Waals surface area (Å²) in [6.45, 7) is 3.02. The number of benzene rings is 1. The molecule has 0 bridgehead atoms. The molecule has 0 saturated carbocycles. The number of hydrogen-bond donors (Lipinski definition) is 1. The Labute approximate surface area is 117 Å². The van der Waals surface area contributed by atoms with Crippen molar-refractivity contribution in [2.24, 2.45) is 0 Å². The molecule has 1 aromatic heterocycles. The smallest absolute Gasteiger partial charge is 0.255 e. The van der Waals surface area contributed by atoms with E-state index in [2.05, 4.69) is 29.4 Å². The number of nitrogens with one attached hydrogen (secondary N) is 1. The molecule has 1 aromatic carbocycles. The van der Waals surface area contributed by atoms with Gasteiger partial charge in [-0.3, -0.25) is 0 Å². The van der Waals surface area contributed by atoms with Crippen molar-refractivity contribution >= 4 is 11.8 Å². The van der Waals surface area contributed by atoms with E-state index in [0.717, 1.165) is 18.0 Å². The van der Waals surface area contributed by atoms with Crippen LogP contribution in [0.2, 0.25) is 0 Å². The van der Waals surface area contributed by atoms with Crippen LogP contribution in [0.4, 0.5) is 0 Å². The lowest BCUT2D eigenvalue weighted by molar-refractivity contribution is 0.414. The summed E-state index contributed by atoms with van der Waals surface area (Å²) in [6, 6.07) is 8.41. The number of nitrogens with zero attached hydrogens (tertiary/aromatic N) is 1. The van der Waals surface area contributed by atoms with E-state index in [1.54, 1.807) is 31.3 Å². The van der Waals surface area contributed by atoms with E-state index in [9.17, 15) is 0 Å². The summed E-state index contributed by atoms with van der Waals surface area (Å²) >= 11 is 1.61. The molecule has 1 atom stereocenters. The second-order valence-electron chi connectivity index (χ2n) is 3.99. The van der Waals surface area contributed by atoms with E-state index in [-0.39, 0.29) is 6.04 Å². The largest absolute Gasteiger partial charge is 0.497 e. The third-order valence-electron chi connectivity index (χ3n) is 2.75. The molecule has 102 valence electrons. The summed E-state index contributed by atoms with van der Waals surface area (Å²) in [5, 5.41) is 4.17. The van der Waals surface area contributed by atoms with Crippen molar-refractivity contribution in [2.75, 3.05) is 19.4 Å². The monoisotopic (exact) mass is 278 g/mol. The minimum Gasteiger partial charge on any atom is -0.497 e. The van der Waals surface area contributed by atoms with Gasteiger partial charge in [0.05, 0.1) is 13.3 Å². The summed E-state index contributed by atoms with van der Waals surface area (Å²) in [5.41, 5.74) is 1.24. The number of hydrogen-bond acceptors (Lipinski definition) is 5. The topological polar surface area (TPSA) is 47.3 Å². The fourth-order valence-electron chi connectivity index (χ4n) is 1.79. The lowest BCUT2D eigenvalue weighted by Gasteiger charge is -2.17. The minimum atomic E-state index is 0.271. The van der Waals surface area contributed by atoms with E-state index in [1.807, 2.05) is 12.1 Å². The van der Waals surface area contributed by atoms with Crippen LogP contribution in [-0.4, -0.2) is 24.4 Å². The number of thioether (sulfide) groups is 1. The van der Waals surface area contributed by atoms with Crippen LogP contribution < -0.4 is 10.1 Å². The number of rotatable bonds is 7. The normalized spacial score (nSPS) is 12.3. The second-order valence-corrected chi connectivity index (χ2v) is 4.96. The van der Waals surface area contributed by atoms with Crippen molar-refractivity contribution < 1.29 is 9.15 Å². The van der Waals surface area contributed by atoms with Gasteiger partial charge >= 0.3 is 0 Å².